The van der Waals surface area contributed by atoms with Crippen molar-refractivity contribution in [1.82, 2.24) is 4.90 Å². The minimum Gasteiger partial charge on any atom is -0.368 e. The summed E-state index contributed by atoms with van der Waals surface area (Å²) >= 11 is 0. The van der Waals surface area contributed by atoms with Crippen LogP contribution in [0.4, 0.5) is 15.8 Å². The van der Waals surface area contributed by atoms with E-state index in [0.29, 0.717) is 43.3 Å². The molecule has 8 heteroatoms. The van der Waals surface area contributed by atoms with Gasteiger partial charge < -0.3 is 9.80 Å². The van der Waals surface area contributed by atoms with Gasteiger partial charge in [0.15, 0.2) is 0 Å². The molecule has 1 saturated heterocycles. The van der Waals surface area contributed by atoms with Crippen LogP contribution in [0.15, 0.2) is 71.6 Å². The number of benzene rings is 3. The maximum absolute atomic E-state index is 13.6. The first-order chi connectivity index (χ1) is 16.8. The summed E-state index contributed by atoms with van der Waals surface area (Å²) in [4.78, 5) is 17.3. The smallest absolute Gasteiger partial charge is 0.265 e. The third-order valence-corrected chi connectivity index (χ3v) is 8.62. The zero-order valence-electron chi connectivity index (χ0n) is 19.8. The Balaban J connectivity index is 1.39. The van der Waals surface area contributed by atoms with Crippen LogP contribution in [-0.2, 0) is 14.8 Å². The van der Waals surface area contributed by atoms with Crippen LogP contribution in [-0.4, -0.2) is 51.9 Å². The van der Waals surface area contributed by atoms with Gasteiger partial charge in [0.1, 0.15) is 12.4 Å². The zero-order valence-corrected chi connectivity index (χ0v) is 20.6. The monoisotopic (exact) mass is 493 g/mol. The van der Waals surface area contributed by atoms with Gasteiger partial charge in [0.2, 0.25) is 5.91 Å². The molecule has 0 bridgehead atoms. The van der Waals surface area contributed by atoms with Gasteiger partial charge in [-0.25, -0.2) is 12.8 Å². The molecule has 0 aromatic heterocycles. The summed E-state index contributed by atoms with van der Waals surface area (Å²) in [5.41, 5.74) is 4.05. The van der Waals surface area contributed by atoms with Gasteiger partial charge in [0, 0.05) is 43.0 Å². The van der Waals surface area contributed by atoms with Crippen LogP contribution in [0.25, 0.3) is 11.1 Å². The molecule has 3 aromatic carbocycles. The number of sulfonamides is 1. The fraction of sp³-hybridized carbons (Fsp3) is 0.296. The van der Waals surface area contributed by atoms with E-state index in [-0.39, 0.29) is 23.2 Å². The van der Waals surface area contributed by atoms with E-state index in [1.807, 2.05) is 30.3 Å². The second kappa shape index (κ2) is 9.00. The molecule has 2 heterocycles. The molecule has 5 rings (SSSR count). The molecular weight excluding hydrogens is 465 g/mol. The molecule has 0 atom stereocenters. The van der Waals surface area contributed by atoms with Crippen molar-refractivity contribution in [2.75, 3.05) is 41.9 Å². The Morgan fingerprint density at radius 2 is 1.60 bits per heavy atom. The summed E-state index contributed by atoms with van der Waals surface area (Å²) in [6, 6.07) is 19.1. The number of piperazine rings is 1. The standard InChI is InChI=1S/C27H28FN3O3S/c1-19(2)20-7-12-25-24(17-20)23-5-3-4-6-26(23)35(33,34)31(25)18-27(32)30-15-13-29(14-16-30)22-10-8-21(28)9-11-22/h3-12,17,19H,13-16,18H2,1-2H3. The summed E-state index contributed by atoms with van der Waals surface area (Å²) in [5.74, 6) is -0.225. The van der Waals surface area contributed by atoms with Gasteiger partial charge in [-0.3, -0.25) is 9.10 Å². The minimum atomic E-state index is -3.88. The molecule has 2 aliphatic rings. The largest absolute Gasteiger partial charge is 0.368 e. The molecule has 35 heavy (non-hydrogen) atoms. The molecule has 2 aliphatic heterocycles. The Morgan fingerprint density at radius 3 is 2.29 bits per heavy atom. The van der Waals surface area contributed by atoms with Gasteiger partial charge in [-0.2, -0.15) is 0 Å². The fourth-order valence-electron chi connectivity index (χ4n) is 4.77. The van der Waals surface area contributed by atoms with Gasteiger partial charge >= 0.3 is 0 Å². The third-order valence-electron chi connectivity index (χ3n) is 6.80. The molecule has 6 nitrogen and oxygen atoms in total. The lowest BCUT2D eigenvalue weighted by molar-refractivity contribution is -0.129. The molecular formula is C27H28FN3O3S. The molecule has 0 unspecified atom stereocenters. The second-order valence-electron chi connectivity index (χ2n) is 9.28. The predicted octanol–water partition coefficient (Wildman–Crippen LogP) is 4.47. The average Bonchev–Trinajstić information content (AvgIpc) is 2.87. The van der Waals surface area contributed by atoms with Crippen LogP contribution in [0.3, 0.4) is 0 Å². The fourth-order valence-corrected chi connectivity index (χ4v) is 6.41. The number of halogens is 1. The first kappa shape index (κ1) is 23.4. The van der Waals surface area contributed by atoms with E-state index in [2.05, 4.69) is 18.7 Å². The normalized spacial score (nSPS) is 16.7. The molecule has 0 radical (unpaired) electrons. The van der Waals surface area contributed by atoms with Gasteiger partial charge in [-0.05, 0) is 53.9 Å². The van der Waals surface area contributed by atoms with Crippen molar-refractivity contribution in [3.63, 3.8) is 0 Å². The van der Waals surface area contributed by atoms with Crippen molar-refractivity contribution in [1.29, 1.82) is 0 Å². The number of carbonyl (C=O) groups is 1. The highest BCUT2D eigenvalue weighted by Gasteiger charge is 2.37. The van der Waals surface area contributed by atoms with Crippen LogP contribution >= 0.6 is 0 Å². The third kappa shape index (κ3) is 4.27. The topological polar surface area (TPSA) is 60.9 Å². The molecule has 0 saturated carbocycles. The number of carbonyl (C=O) groups excluding carboxylic acids is 1. The second-order valence-corrected chi connectivity index (χ2v) is 11.1. The van der Waals surface area contributed by atoms with Crippen LogP contribution in [0, 0.1) is 5.82 Å². The van der Waals surface area contributed by atoms with Gasteiger partial charge in [-0.15, -0.1) is 0 Å². The SMILES string of the molecule is CC(C)c1ccc2c(c1)-c1ccccc1S(=O)(=O)N2CC(=O)N1CCN(c2ccc(F)cc2)CC1. The zero-order chi connectivity index (χ0) is 24.7. The Labute approximate surface area is 205 Å². The highest BCUT2D eigenvalue weighted by Crippen LogP contribution is 2.44. The molecule has 1 fully saturated rings. The Kier molecular flexibility index (Phi) is 6.01. The van der Waals surface area contributed by atoms with E-state index in [1.54, 1.807) is 29.2 Å². The Hall–Kier alpha value is -3.39. The molecule has 0 N–H and O–H groups in total. The number of rotatable bonds is 4. The number of anilines is 2. The highest BCUT2D eigenvalue weighted by molar-refractivity contribution is 7.93. The Morgan fingerprint density at radius 1 is 0.914 bits per heavy atom. The van der Waals surface area contributed by atoms with E-state index in [1.165, 1.54) is 16.4 Å². The summed E-state index contributed by atoms with van der Waals surface area (Å²) in [6.07, 6.45) is 0. The van der Waals surface area contributed by atoms with Crippen LogP contribution < -0.4 is 9.21 Å². The van der Waals surface area contributed by atoms with Gasteiger partial charge in [0.05, 0.1) is 10.6 Å². The number of hydrogen-bond acceptors (Lipinski definition) is 4. The Bertz CT molecular complexity index is 1360. The minimum absolute atomic E-state index is 0.224. The highest BCUT2D eigenvalue weighted by atomic mass is 32.2. The molecule has 0 aliphatic carbocycles. The number of hydrogen-bond donors (Lipinski definition) is 0. The summed E-state index contributed by atoms with van der Waals surface area (Å²) in [5, 5.41) is 0. The summed E-state index contributed by atoms with van der Waals surface area (Å²) in [6.45, 7) is 6.09. The van der Waals surface area contributed by atoms with E-state index >= 15 is 0 Å². The molecule has 0 spiro atoms. The predicted molar refractivity (Wildman–Crippen MR) is 136 cm³/mol. The van der Waals surface area contributed by atoms with Crippen LogP contribution in [0.2, 0.25) is 0 Å². The van der Waals surface area contributed by atoms with Crippen molar-refractivity contribution in [3.8, 4) is 11.1 Å². The van der Waals surface area contributed by atoms with Crippen molar-refractivity contribution in [2.45, 2.75) is 24.7 Å². The van der Waals surface area contributed by atoms with Crippen LogP contribution in [0.1, 0.15) is 25.3 Å². The van der Waals surface area contributed by atoms with Gasteiger partial charge in [-0.1, -0.05) is 38.1 Å². The van der Waals surface area contributed by atoms with Crippen molar-refractivity contribution >= 4 is 27.3 Å². The number of amides is 1. The van der Waals surface area contributed by atoms with E-state index in [4.69, 9.17) is 0 Å². The lowest BCUT2D eigenvalue weighted by Gasteiger charge is -2.38. The summed E-state index contributed by atoms with van der Waals surface area (Å²) in [7, 11) is -3.88. The lowest BCUT2D eigenvalue weighted by Crippen LogP contribution is -2.52. The lowest BCUT2D eigenvalue weighted by atomic mass is 9.95. The quantitative estimate of drug-likeness (QED) is 0.538. The maximum atomic E-state index is 13.6. The molecule has 3 aromatic rings. The summed E-state index contributed by atoms with van der Waals surface area (Å²) < 4.78 is 41.7. The van der Waals surface area contributed by atoms with Crippen molar-refractivity contribution in [2.24, 2.45) is 0 Å². The first-order valence-electron chi connectivity index (χ1n) is 11.8. The first-order valence-corrected chi connectivity index (χ1v) is 13.2. The van der Waals surface area contributed by atoms with Crippen molar-refractivity contribution in [3.05, 3.63) is 78.1 Å². The molecule has 1 amide bonds. The maximum Gasteiger partial charge on any atom is 0.265 e. The van der Waals surface area contributed by atoms with Crippen molar-refractivity contribution < 1.29 is 17.6 Å². The van der Waals surface area contributed by atoms with Crippen LogP contribution in [0.5, 0.6) is 0 Å². The molecule has 182 valence electrons. The van der Waals surface area contributed by atoms with Gasteiger partial charge in [0.25, 0.3) is 10.0 Å². The van der Waals surface area contributed by atoms with E-state index in [9.17, 15) is 17.6 Å². The number of nitrogens with zero attached hydrogens (tertiary/aromatic N) is 3. The number of fused-ring (bicyclic) bond motifs is 3. The van der Waals surface area contributed by atoms with E-state index < -0.39 is 10.0 Å². The van der Waals surface area contributed by atoms with E-state index in [0.717, 1.165) is 16.8 Å². The average molecular weight is 494 g/mol.